The van der Waals surface area contributed by atoms with Crippen molar-refractivity contribution in [2.45, 2.75) is 0 Å². The average molecular weight is 204 g/mol. The number of nitrogens with one attached hydrogen (secondary N) is 1. The van der Waals surface area contributed by atoms with Crippen LogP contribution in [0.1, 0.15) is 0 Å². The molecule has 0 unspecified atom stereocenters. The molecule has 0 saturated carbocycles. The summed E-state index contributed by atoms with van der Waals surface area (Å²) in [6, 6.07) is 8.24. The lowest BCUT2D eigenvalue weighted by molar-refractivity contribution is 0.384. The molecule has 4 heteroatoms. The van der Waals surface area contributed by atoms with Gasteiger partial charge >= 0.3 is 0 Å². The van der Waals surface area contributed by atoms with Gasteiger partial charge in [0, 0.05) is 5.56 Å². The zero-order valence-electron chi connectivity index (χ0n) is 8.65. The van der Waals surface area contributed by atoms with Crippen LogP contribution in [0.3, 0.4) is 0 Å². The summed E-state index contributed by atoms with van der Waals surface area (Å²) in [7, 11) is 3.22. The number of ether oxygens (including phenoxy) is 2. The van der Waals surface area contributed by atoms with Gasteiger partial charge in [-0.2, -0.15) is 0 Å². The molecule has 0 bridgehead atoms. The first kappa shape index (κ1) is 9.58. The monoisotopic (exact) mass is 204 g/mol. The first-order valence-corrected chi connectivity index (χ1v) is 4.57. The lowest BCUT2D eigenvalue weighted by atomic mass is 10.1. The number of aromatic nitrogens is 2. The molecule has 0 spiro atoms. The number of para-hydroxylation sites is 1. The molecule has 1 aromatic carbocycles. The Hall–Kier alpha value is -1.97. The van der Waals surface area contributed by atoms with Gasteiger partial charge < -0.3 is 14.5 Å². The second-order valence-electron chi connectivity index (χ2n) is 3.01. The maximum absolute atomic E-state index is 5.25. The van der Waals surface area contributed by atoms with E-state index in [4.69, 9.17) is 9.47 Å². The van der Waals surface area contributed by atoms with Gasteiger partial charge in [0.25, 0.3) is 6.01 Å². The Bertz CT molecular complexity index is 451. The normalized spacial score (nSPS) is 10.0. The molecular weight excluding hydrogens is 192 g/mol. The van der Waals surface area contributed by atoms with E-state index in [1.807, 2.05) is 24.3 Å². The van der Waals surface area contributed by atoms with Crippen molar-refractivity contribution < 1.29 is 9.47 Å². The van der Waals surface area contributed by atoms with Gasteiger partial charge in [0.2, 0.25) is 0 Å². The number of methoxy groups -OCH3 is 2. The Balaban J connectivity index is 2.44. The highest BCUT2D eigenvalue weighted by molar-refractivity contribution is 5.66. The second-order valence-corrected chi connectivity index (χ2v) is 3.01. The minimum Gasteiger partial charge on any atom is -0.496 e. The molecule has 2 aromatic rings. The van der Waals surface area contributed by atoms with Gasteiger partial charge in [0.1, 0.15) is 5.75 Å². The topological polar surface area (TPSA) is 47.1 Å². The second kappa shape index (κ2) is 4.04. The summed E-state index contributed by atoms with van der Waals surface area (Å²) in [5.74, 6) is 0.809. The van der Waals surface area contributed by atoms with Crippen molar-refractivity contribution in [3.8, 4) is 23.0 Å². The third kappa shape index (κ3) is 1.79. The highest BCUT2D eigenvalue weighted by atomic mass is 16.5. The molecule has 78 valence electrons. The fraction of sp³-hybridized carbons (Fsp3) is 0.182. The molecule has 1 heterocycles. The summed E-state index contributed by atoms with van der Waals surface area (Å²) in [5, 5.41) is 0. The summed E-state index contributed by atoms with van der Waals surface area (Å²) >= 11 is 0. The van der Waals surface area contributed by atoms with E-state index in [1.54, 1.807) is 20.4 Å². The van der Waals surface area contributed by atoms with E-state index in [-0.39, 0.29) is 0 Å². The lowest BCUT2D eigenvalue weighted by Gasteiger charge is -2.05. The molecule has 0 aliphatic rings. The highest BCUT2D eigenvalue weighted by Crippen LogP contribution is 2.28. The van der Waals surface area contributed by atoms with Crippen LogP contribution in [0.15, 0.2) is 30.5 Å². The van der Waals surface area contributed by atoms with Crippen LogP contribution in [0.4, 0.5) is 0 Å². The van der Waals surface area contributed by atoms with Gasteiger partial charge in [-0.1, -0.05) is 12.1 Å². The number of H-pyrrole nitrogens is 1. The van der Waals surface area contributed by atoms with E-state index >= 15 is 0 Å². The molecule has 2 rings (SSSR count). The van der Waals surface area contributed by atoms with E-state index in [0.717, 1.165) is 17.0 Å². The van der Waals surface area contributed by atoms with E-state index < -0.39 is 0 Å². The molecule has 1 aromatic heterocycles. The SMILES string of the molecule is COc1ncc(-c2ccccc2OC)[nH]1. The third-order valence-corrected chi connectivity index (χ3v) is 2.14. The minimum absolute atomic E-state index is 0.496. The number of nitrogens with zero attached hydrogens (tertiary/aromatic N) is 1. The largest absolute Gasteiger partial charge is 0.496 e. The Labute approximate surface area is 87.9 Å². The third-order valence-electron chi connectivity index (χ3n) is 2.14. The summed E-state index contributed by atoms with van der Waals surface area (Å²) in [6.07, 6.45) is 1.72. The average Bonchev–Trinajstić information content (AvgIpc) is 2.77. The van der Waals surface area contributed by atoms with Crippen LogP contribution in [0, 0.1) is 0 Å². The van der Waals surface area contributed by atoms with Crippen LogP contribution >= 0.6 is 0 Å². The highest BCUT2D eigenvalue weighted by Gasteiger charge is 2.07. The summed E-state index contributed by atoms with van der Waals surface area (Å²) in [5.41, 5.74) is 1.85. The van der Waals surface area contributed by atoms with Crippen LogP contribution in [-0.4, -0.2) is 24.2 Å². The van der Waals surface area contributed by atoms with E-state index in [0.29, 0.717) is 6.01 Å². The van der Waals surface area contributed by atoms with Gasteiger partial charge in [-0.3, -0.25) is 0 Å². The molecule has 1 N–H and O–H groups in total. The first-order chi connectivity index (χ1) is 7.35. The predicted molar refractivity (Wildman–Crippen MR) is 57.1 cm³/mol. The zero-order valence-corrected chi connectivity index (χ0v) is 8.65. The van der Waals surface area contributed by atoms with Crippen LogP contribution in [0.25, 0.3) is 11.3 Å². The van der Waals surface area contributed by atoms with Crippen molar-refractivity contribution in [2.75, 3.05) is 14.2 Å². The van der Waals surface area contributed by atoms with Crippen LogP contribution in [-0.2, 0) is 0 Å². The molecule has 15 heavy (non-hydrogen) atoms. The van der Waals surface area contributed by atoms with Crippen LogP contribution in [0.5, 0.6) is 11.8 Å². The van der Waals surface area contributed by atoms with Crippen molar-refractivity contribution in [2.24, 2.45) is 0 Å². The smallest absolute Gasteiger partial charge is 0.293 e. The molecule has 0 fully saturated rings. The Morgan fingerprint density at radius 1 is 1.13 bits per heavy atom. The van der Waals surface area contributed by atoms with Gasteiger partial charge in [0.05, 0.1) is 26.1 Å². The molecule has 0 radical (unpaired) electrons. The predicted octanol–water partition coefficient (Wildman–Crippen LogP) is 2.09. The Morgan fingerprint density at radius 2 is 1.93 bits per heavy atom. The van der Waals surface area contributed by atoms with Crippen molar-refractivity contribution in [1.82, 2.24) is 9.97 Å². The molecule has 0 saturated heterocycles. The van der Waals surface area contributed by atoms with Crippen LogP contribution < -0.4 is 9.47 Å². The summed E-state index contributed by atoms with van der Waals surface area (Å²) in [4.78, 5) is 7.09. The van der Waals surface area contributed by atoms with E-state index in [2.05, 4.69) is 9.97 Å². The Kier molecular flexibility index (Phi) is 2.58. The quantitative estimate of drug-likeness (QED) is 0.832. The van der Waals surface area contributed by atoms with Crippen molar-refractivity contribution in [3.05, 3.63) is 30.5 Å². The summed E-state index contributed by atoms with van der Waals surface area (Å²) in [6.45, 7) is 0. The van der Waals surface area contributed by atoms with Gasteiger partial charge in [0.15, 0.2) is 0 Å². The van der Waals surface area contributed by atoms with Gasteiger partial charge in [-0.05, 0) is 12.1 Å². The zero-order chi connectivity index (χ0) is 10.7. The van der Waals surface area contributed by atoms with Crippen molar-refractivity contribution in [1.29, 1.82) is 0 Å². The Morgan fingerprint density at radius 3 is 2.60 bits per heavy atom. The molecule has 0 aliphatic heterocycles. The molecule has 0 atom stereocenters. The molecular formula is C11H12N2O2. The summed E-state index contributed by atoms with van der Waals surface area (Å²) < 4.78 is 10.2. The molecule has 0 aliphatic carbocycles. The standard InChI is InChI=1S/C11H12N2O2/c1-14-10-6-4-3-5-8(10)9-7-12-11(13-9)15-2/h3-7H,1-2H3,(H,12,13). The van der Waals surface area contributed by atoms with E-state index in [9.17, 15) is 0 Å². The van der Waals surface area contributed by atoms with Crippen molar-refractivity contribution >= 4 is 0 Å². The first-order valence-electron chi connectivity index (χ1n) is 4.57. The number of imidazole rings is 1. The van der Waals surface area contributed by atoms with Gasteiger partial charge in [-0.15, -0.1) is 0 Å². The fourth-order valence-electron chi connectivity index (χ4n) is 1.41. The number of aromatic amines is 1. The van der Waals surface area contributed by atoms with Crippen LogP contribution in [0.2, 0.25) is 0 Å². The minimum atomic E-state index is 0.496. The molecule has 0 amide bonds. The fourth-order valence-corrected chi connectivity index (χ4v) is 1.41. The van der Waals surface area contributed by atoms with Gasteiger partial charge in [-0.25, -0.2) is 4.98 Å². The number of hydrogen-bond donors (Lipinski definition) is 1. The maximum atomic E-state index is 5.25. The van der Waals surface area contributed by atoms with Crippen molar-refractivity contribution in [3.63, 3.8) is 0 Å². The number of hydrogen-bond acceptors (Lipinski definition) is 3. The van der Waals surface area contributed by atoms with E-state index in [1.165, 1.54) is 0 Å². The molecule has 4 nitrogen and oxygen atoms in total. The number of rotatable bonds is 3. The maximum Gasteiger partial charge on any atom is 0.293 e. The lowest BCUT2D eigenvalue weighted by Crippen LogP contribution is -1.88. The number of benzene rings is 1.